The van der Waals surface area contributed by atoms with Crippen molar-refractivity contribution in [2.45, 2.75) is 32.1 Å². The number of ether oxygens (including phenoxy) is 2. The third kappa shape index (κ3) is 5.18. The topological polar surface area (TPSA) is 52.6 Å². The molecule has 2 atom stereocenters. The molecule has 2 rings (SSSR count). The van der Waals surface area contributed by atoms with E-state index in [1.807, 2.05) is 60.7 Å². The van der Waals surface area contributed by atoms with Gasteiger partial charge in [0.15, 0.2) is 0 Å². The summed E-state index contributed by atoms with van der Waals surface area (Å²) >= 11 is 0. The number of carbonyl (C=O) groups is 2. The summed E-state index contributed by atoms with van der Waals surface area (Å²) in [6.07, 6.45) is 0.311. The van der Waals surface area contributed by atoms with Crippen molar-refractivity contribution in [3.63, 3.8) is 0 Å². The second-order valence-corrected chi connectivity index (χ2v) is 5.67. The molecule has 2 aromatic carbocycles. The molecule has 0 aliphatic carbocycles. The Balaban J connectivity index is 2.34. The number of benzene rings is 2. The second kappa shape index (κ2) is 9.62. The lowest BCUT2D eigenvalue weighted by atomic mass is 9.85. The fourth-order valence-corrected chi connectivity index (χ4v) is 2.83. The summed E-state index contributed by atoms with van der Waals surface area (Å²) in [6.45, 7) is 4.16. The molecule has 0 aliphatic heterocycles. The van der Waals surface area contributed by atoms with Gasteiger partial charge in [-0.25, -0.2) is 0 Å². The van der Waals surface area contributed by atoms with Crippen LogP contribution in [-0.2, 0) is 19.1 Å². The number of hydrogen-bond donors (Lipinski definition) is 0. The Bertz CT molecular complexity index is 607. The molecule has 0 amide bonds. The zero-order valence-corrected chi connectivity index (χ0v) is 14.7. The van der Waals surface area contributed by atoms with Crippen LogP contribution < -0.4 is 0 Å². The van der Waals surface area contributed by atoms with Crippen molar-refractivity contribution in [2.24, 2.45) is 0 Å². The molecule has 0 fully saturated rings. The first-order chi connectivity index (χ1) is 12.2. The monoisotopic (exact) mass is 340 g/mol. The van der Waals surface area contributed by atoms with E-state index in [9.17, 15) is 9.59 Å². The summed E-state index contributed by atoms with van der Waals surface area (Å²) < 4.78 is 10.5. The molecule has 2 aromatic rings. The van der Waals surface area contributed by atoms with E-state index < -0.39 is 11.8 Å². The molecule has 25 heavy (non-hydrogen) atoms. The molecule has 0 saturated carbocycles. The average Bonchev–Trinajstić information content (AvgIpc) is 2.64. The van der Waals surface area contributed by atoms with Crippen LogP contribution in [0.25, 0.3) is 0 Å². The van der Waals surface area contributed by atoms with Crippen LogP contribution in [0.2, 0.25) is 0 Å². The Morgan fingerprint density at radius 3 is 1.40 bits per heavy atom. The summed E-state index contributed by atoms with van der Waals surface area (Å²) in [5, 5.41) is 0. The lowest BCUT2D eigenvalue weighted by Gasteiger charge is -2.22. The minimum absolute atomic E-state index is 0.303. The van der Waals surface area contributed by atoms with Crippen LogP contribution in [0.5, 0.6) is 0 Å². The van der Waals surface area contributed by atoms with Crippen LogP contribution >= 0.6 is 0 Å². The molecular weight excluding hydrogens is 316 g/mol. The van der Waals surface area contributed by atoms with E-state index in [2.05, 4.69) is 0 Å². The smallest absolute Gasteiger partial charge is 0.313 e. The fourth-order valence-electron chi connectivity index (χ4n) is 2.83. The molecule has 0 radical (unpaired) electrons. The van der Waals surface area contributed by atoms with E-state index in [0.29, 0.717) is 19.6 Å². The fraction of sp³-hybridized carbons (Fsp3) is 0.333. The van der Waals surface area contributed by atoms with Crippen molar-refractivity contribution in [1.82, 2.24) is 0 Å². The van der Waals surface area contributed by atoms with E-state index in [1.165, 1.54) is 0 Å². The third-order valence-corrected chi connectivity index (χ3v) is 4.02. The lowest BCUT2D eigenvalue weighted by Crippen LogP contribution is -2.24. The van der Waals surface area contributed by atoms with Crippen LogP contribution in [-0.4, -0.2) is 25.2 Å². The molecule has 4 nitrogen and oxygen atoms in total. The summed E-state index contributed by atoms with van der Waals surface area (Å²) in [7, 11) is 0. The van der Waals surface area contributed by atoms with Crippen molar-refractivity contribution in [3.8, 4) is 0 Å². The molecule has 0 N–H and O–H groups in total. The predicted molar refractivity (Wildman–Crippen MR) is 96.2 cm³/mol. The van der Waals surface area contributed by atoms with Gasteiger partial charge in [0.2, 0.25) is 0 Å². The molecule has 0 heterocycles. The largest absolute Gasteiger partial charge is 0.466 e. The maximum absolute atomic E-state index is 12.5. The van der Waals surface area contributed by atoms with Gasteiger partial charge in [0, 0.05) is 0 Å². The number of carbonyl (C=O) groups excluding carboxylic acids is 2. The first kappa shape index (κ1) is 18.7. The van der Waals surface area contributed by atoms with Crippen LogP contribution in [0, 0.1) is 0 Å². The van der Waals surface area contributed by atoms with Gasteiger partial charge in [-0.3, -0.25) is 9.59 Å². The van der Waals surface area contributed by atoms with E-state index in [-0.39, 0.29) is 11.9 Å². The molecule has 0 aliphatic rings. The summed E-state index contributed by atoms with van der Waals surface area (Å²) in [5.74, 6) is -1.68. The van der Waals surface area contributed by atoms with E-state index >= 15 is 0 Å². The van der Waals surface area contributed by atoms with Gasteiger partial charge in [0.25, 0.3) is 0 Å². The summed E-state index contributed by atoms with van der Waals surface area (Å²) in [6, 6.07) is 18.8. The maximum Gasteiger partial charge on any atom is 0.313 e. The van der Waals surface area contributed by atoms with Crippen molar-refractivity contribution in [2.75, 3.05) is 13.2 Å². The van der Waals surface area contributed by atoms with Gasteiger partial charge in [0.1, 0.15) is 0 Å². The highest BCUT2D eigenvalue weighted by Gasteiger charge is 2.31. The van der Waals surface area contributed by atoms with Crippen molar-refractivity contribution in [1.29, 1.82) is 0 Å². The van der Waals surface area contributed by atoms with Gasteiger partial charge in [0.05, 0.1) is 25.0 Å². The molecule has 0 bridgehead atoms. The number of hydrogen-bond acceptors (Lipinski definition) is 4. The maximum atomic E-state index is 12.5. The highest BCUT2D eigenvalue weighted by molar-refractivity contribution is 5.82. The van der Waals surface area contributed by atoms with Crippen LogP contribution in [0.4, 0.5) is 0 Å². The number of rotatable bonds is 8. The highest BCUT2D eigenvalue weighted by Crippen LogP contribution is 2.32. The van der Waals surface area contributed by atoms with Gasteiger partial charge in [-0.05, 0) is 31.4 Å². The Labute approximate surface area is 148 Å². The van der Waals surface area contributed by atoms with Gasteiger partial charge < -0.3 is 9.47 Å². The van der Waals surface area contributed by atoms with Gasteiger partial charge in [-0.2, -0.15) is 0 Å². The normalized spacial score (nSPS) is 12.9. The summed E-state index contributed by atoms with van der Waals surface area (Å²) in [4.78, 5) is 25.0. The zero-order valence-electron chi connectivity index (χ0n) is 14.7. The molecule has 0 aromatic heterocycles. The molecular formula is C21H24O4. The highest BCUT2D eigenvalue weighted by atomic mass is 16.5. The molecule has 4 heteroatoms. The Kier molecular flexibility index (Phi) is 7.20. The summed E-state index contributed by atoms with van der Waals surface area (Å²) in [5.41, 5.74) is 1.68. The first-order valence-corrected chi connectivity index (χ1v) is 8.60. The molecule has 0 unspecified atom stereocenters. The quantitative estimate of drug-likeness (QED) is 0.680. The van der Waals surface area contributed by atoms with Crippen molar-refractivity contribution in [3.05, 3.63) is 71.8 Å². The minimum atomic E-state index is -0.518. The van der Waals surface area contributed by atoms with E-state index in [0.717, 1.165) is 11.1 Å². The van der Waals surface area contributed by atoms with Crippen LogP contribution in [0.15, 0.2) is 60.7 Å². The van der Waals surface area contributed by atoms with E-state index in [4.69, 9.17) is 9.47 Å². The van der Waals surface area contributed by atoms with Gasteiger partial charge >= 0.3 is 11.9 Å². The van der Waals surface area contributed by atoms with Crippen LogP contribution in [0.1, 0.15) is 43.2 Å². The average molecular weight is 340 g/mol. The van der Waals surface area contributed by atoms with E-state index in [1.54, 1.807) is 13.8 Å². The molecule has 0 saturated heterocycles. The Morgan fingerprint density at radius 2 is 1.08 bits per heavy atom. The number of esters is 2. The van der Waals surface area contributed by atoms with Crippen molar-refractivity contribution < 1.29 is 19.1 Å². The van der Waals surface area contributed by atoms with Gasteiger partial charge in [-0.1, -0.05) is 60.7 Å². The minimum Gasteiger partial charge on any atom is -0.466 e. The first-order valence-electron chi connectivity index (χ1n) is 8.60. The molecule has 132 valence electrons. The van der Waals surface area contributed by atoms with Crippen LogP contribution in [0.3, 0.4) is 0 Å². The second-order valence-electron chi connectivity index (χ2n) is 5.67. The Morgan fingerprint density at radius 1 is 0.720 bits per heavy atom. The predicted octanol–water partition coefficient (Wildman–Crippen LogP) is 4.07. The standard InChI is InChI=1S/C21H24O4/c1-3-24-20(22)18(16-11-7-5-8-12-16)15-19(21(23)25-4-2)17-13-9-6-10-14-17/h5-14,18-19H,3-4,15H2,1-2H3/t18-,19-/m0/s1. The molecule has 0 spiro atoms. The van der Waals surface area contributed by atoms with Gasteiger partial charge in [-0.15, -0.1) is 0 Å². The van der Waals surface area contributed by atoms with Crippen molar-refractivity contribution >= 4 is 11.9 Å². The lowest BCUT2D eigenvalue weighted by molar-refractivity contribution is -0.147. The zero-order chi connectivity index (χ0) is 18.1. The SMILES string of the molecule is CCOC(=O)[C@@H](C[C@H](C(=O)OCC)c1ccccc1)c1ccccc1. The Hall–Kier alpha value is -2.62. The third-order valence-electron chi connectivity index (χ3n) is 4.02.